The van der Waals surface area contributed by atoms with Crippen molar-refractivity contribution < 1.29 is 12.8 Å². The summed E-state index contributed by atoms with van der Waals surface area (Å²) in [7, 11) is -3.59. The SMILES string of the molecule is CC(C)[C@](C)(CS(=O)(=O)NCc1cccc(F)c1)NC(N)=S. The maximum absolute atomic E-state index is 13.1. The van der Waals surface area contributed by atoms with Crippen molar-refractivity contribution in [3.05, 3.63) is 35.6 Å². The normalized spacial score (nSPS) is 14.6. The van der Waals surface area contributed by atoms with Gasteiger partial charge in [-0.3, -0.25) is 0 Å². The molecule has 1 rings (SSSR count). The number of rotatable bonds is 7. The number of nitrogens with one attached hydrogen (secondary N) is 2. The van der Waals surface area contributed by atoms with E-state index in [4.69, 9.17) is 18.0 Å². The van der Waals surface area contributed by atoms with E-state index >= 15 is 0 Å². The minimum absolute atomic E-state index is 0.0141. The highest BCUT2D eigenvalue weighted by atomic mass is 32.2. The third-order valence-electron chi connectivity index (χ3n) is 3.56. The molecule has 0 aliphatic heterocycles. The molecule has 0 fully saturated rings. The van der Waals surface area contributed by atoms with Gasteiger partial charge >= 0.3 is 0 Å². The van der Waals surface area contributed by atoms with Crippen LogP contribution >= 0.6 is 12.2 Å². The van der Waals surface area contributed by atoms with Crippen molar-refractivity contribution in [2.45, 2.75) is 32.9 Å². The summed E-state index contributed by atoms with van der Waals surface area (Å²) in [6.07, 6.45) is 0. The van der Waals surface area contributed by atoms with Crippen molar-refractivity contribution in [2.24, 2.45) is 11.7 Å². The monoisotopic (exact) mass is 347 g/mol. The zero-order valence-electron chi connectivity index (χ0n) is 12.9. The van der Waals surface area contributed by atoms with Crippen molar-refractivity contribution in [1.29, 1.82) is 0 Å². The summed E-state index contributed by atoms with van der Waals surface area (Å²) in [6.45, 7) is 5.54. The molecule has 1 aromatic carbocycles. The summed E-state index contributed by atoms with van der Waals surface area (Å²) in [5, 5.41) is 2.90. The van der Waals surface area contributed by atoms with Gasteiger partial charge in [-0.2, -0.15) is 0 Å². The molecule has 5 nitrogen and oxygen atoms in total. The van der Waals surface area contributed by atoms with E-state index in [9.17, 15) is 12.8 Å². The van der Waals surface area contributed by atoms with Gasteiger partial charge in [-0.1, -0.05) is 26.0 Å². The van der Waals surface area contributed by atoms with Crippen LogP contribution in [-0.2, 0) is 16.6 Å². The maximum atomic E-state index is 13.1. The predicted molar refractivity (Wildman–Crippen MR) is 90.2 cm³/mol. The van der Waals surface area contributed by atoms with Gasteiger partial charge in [0.25, 0.3) is 0 Å². The molecule has 0 aliphatic rings. The van der Waals surface area contributed by atoms with Crippen LogP contribution in [0, 0.1) is 11.7 Å². The van der Waals surface area contributed by atoms with Gasteiger partial charge < -0.3 is 11.1 Å². The molecular formula is C14H22FN3O2S2. The van der Waals surface area contributed by atoms with Crippen molar-refractivity contribution in [3.8, 4) is 0 Å². The summed E-state index contributed by atoms with van der Waals surface area (Å²) in [6, 6.07) is 5.78. The lowest BCUT2D eigenvalue weighted by Gasteiger charge is -2.34. The molecule has 4 N–H and O–H groups in total. The Hall–Kier alpha value is -1.25. The molecule has 22 heavy (non-hydrogen) atoms. The van der Waals surface area contributed by atoms with Crippen molar-refractivity contribution in [1.82, 2.24) is 10.0 Å². The zero-order valence-corrected chi connectivity index (χ0v) is 14.5. The van der Waals surface area contributed by atoms with E-state index in [2.05, 4.69) is 10.0 Å². The van der Waals surface area contributed by atoms with Gasteiger partial charge in [0.1, 0.15) is 5.82 Å². The molecule has 0 bridgehead atoms. The van der Waals surface area contributed by atoms with Gasteiger partial charge in [-0.25, -0.2) is 17.5 Å². The molecule has 0 radical (unpaired) electrons. The molecule has 1 aromatic rings. The summed E-state index contributed by atoms with van der Waals surface area (Å²) in [5.41, 5.74) is 5.24. The number of hydrogen-bond donors (Lipinski definition) is 3. The molecular weight excluding hydrogens is 325 g/mol. The van der Waals surface area contributed by atoms with Gasteiger partial charge in [0.05, 0.1) is 11.3 Å². The second kappa shape index (κ2) is 7.34. The molecule has 0 saturated carbocycles. The van der Waals surface area contributed by atoms with E-state index in [1.54, 1.807) is 13.0 Å². The average molecular weight is 347 g/mol. The lowest BCUT2D eigenvalue weighted by molar-refractivity contribution is 0.335. The average Bonchev–Trinajstić information content (AvgIpc) is 2.35. The first-order chi connectivity index (χ1) is 10.0. The Bertz CT molecular complexity index is 635. The predicted octanol–water partition coefficient (Wildman–Crippen LogP) is 1.49. The maximum Gasteiger partial charge on any atom is 0.214 e. The minimum Gasteiger partial charge on any atom is -0.376 e. The Morgan fingerprint density at radius 2 is 2.09 bits per heavy atom. The lowest BCUT2D eigenvalue weighted by Crippen LogP contribution is -2.57. The van der Waals surface area contributed by atoms with Crippen molar-refractivity contribution in [3.63, 3.8) is 0 Å². The van der Waals surface area contributed by atoms with E-state index in [-0.39, 0.29) is 23.3 Å². The summed E-state index contributed by atoms with van der Waals surface area (Å²) < 4.78 is 40.1. The molecule has 0 aromatic heterocycles. The Labute approximate surface area is 136 Å². The zero-order chi connectivity index (χ0) is 17.0. The van der Waals surface area contributed by atoms with Gasteiger partial charge in [0.2, 0.25) is 10.0 Å². The molecule has 1 atom stereocenters. The standard InChI is InChI=1S/C14H22FN3O2S2/c1-10(2)14(3,18-13(16)21)9-22(19,20)17-8-11-5-4-6-12(15)7-11/h4-7,10,17H,8-9H2,1-3H3,(H3,16,18,21)/t14-/m0/s1. The highest BCUT2D eigenvalue weighted by molar-refractivity contribution is 7.89. The van der Waals surface area contributed by atoms with Gasteiger partial charge in [-0.05, 0) is 42.8 Å². The van der Waals surface area contributed by atoms with Crippen molar-refractivity contribution >= 4 is 27.4 Å². The molecule has 8 heteroatoms. The van der Waals surface area contributed by atoms with Gasteiger partial charge in [-0.15, -0.1) is 0 Å². The van der Waals surface area contributed by atoms with Crippen LogP contribution in [0.3, 0.4) is 0 Å². The number of hydrogen-bond acceptors (Lipinski definition) is 3. The quantitative estimate of drug-likeness (QED) is 0.651. The molecule has 0 unspecified atom stereocenters. The van der Waals surface area contributed by atoms with E-state index in [0.29, 0.717) is 5.56 Å². The van der Waals surface area contributed by atoms with E-state index < -0.39 is 21.4 Å². The van der Waals surface area contributed by atoms with Crippen LogP contribution in [0.15, 0.2) is 24.3 Å². The number of nitrogens with two attached hydrogens (primary N) is 1. The molecule has 0 amide bonds. The first-order valence-electron chi connectivity index (χ1n) is 6.83. The molecule has 0 aliphatic carbocycles. The smallest absolute Gasteiger partial charge is 0.214 e. The Kier molecular flexibility index (Phi) is 6.27. The highest BCUT2D eigenvalue weighted by Gasteiger charge is 2.34. The van der Waals surface area contributed by atoms with Gasteiger partial charge in [0, 0.05) is 6.54 Å². The molecule has 0 heterocycles. The van der Waals surface area contributed by atoms with Crippen LogP contribution in [-0.4, -0.2) is 24.8 Å². The van der Waals surface area contributed by atoms with E-state index in [1.165, 1.54) is 18.2 Å². The first-order valence-corrected chi connectivity index (χ1v) is 8.89. The number of sulfonamides is 1. The fourth-order valence-electron chi connectivity index (χ4n) is 1.91. The van der Waals surface area contributed by atoms with Crippen LogP contribution in [0.25, 0.3) is 0 Å². The van der Waals surface area contributed by atoms with Crippen LogP contribution in [0.4, 0.5) is 4.39 Å². The number of thiocarbonyl (C=S) groups is 1. The van der Waals surface area contributed by atoms with E-state index in [0.717, 1.165) is 0 Å². The first kappa shape index (κ1) is 18.8. The van der Waals surface area contributed by atoms with Crippen LogP contribution in [0.5, 0.6) is 0 Å². The fourth-order valence-corrected chi connectivity index (χ4v) is 3.83. The Morgan fingerprint density at radius 1 is 1.45 bits per heavy atom. The molecule has 124 valence electrons. The number of benzene rings is 1. The Morgan fingerprint density at radius 3 is 2.59 bits per heavy atom. The van der Waals surface area contributed by atoms with Gasteiger partial charge in [0.15, 0.2) is 5.11 Å². The lowest BCUT2D eigenvalue weighted by atomic mass is 9.91. The van der Waals surface area contributed by atoms with E-state index in [1.807, 2.05) is 13.8 Å². The molecule has 0 spiro atoms. The summed E-state index contributed by atoms with van der Waals surface area (Å²) in [4.78, 5) is 0. The summed E-state index contributed by atoms with van der Waals surface area (Å²) in [5.74, 6) is -0.608. The number of halogens is 1. The summed E-state index contributed by atoms with van der Waals surface area (Å²) >= 11 is 4.82. The third kappa shape index (κ3) is 5.86. The minimum atomic E-state index is -3.59. The van der Waals surface area contributed by atoms with Crippen LogP contribution in [0.1, 0.15) is 26.3 Å². The highest BCUT2D eigenvalue weighted by Crippen LogP contribution is 2.18. The second-order valence-electron chi connectivity index (χ2n) is 5.77. The Balaban J connectivity index is 2.78. The topological polar surface area (TPSA) is 84.2 Å². The second-order valence-corrected chi connectivity index (χ2v) is 8.02. The van der Waals surface area contributed by atoms with Crippen LogP contribution < -0.4 is 15.8 Å². The fraction of sp³-hybridized carbons (Fsp3) is 0.500. The largest absolute Gasteiger partial charge is 0.376 e. The van der Waals surface area contributed by atoms with Crippen molar-refractivity contribution in [2.75, 3.05) is 5.75 Å². The third-order valence-corrected chi connectivity index (χ3v) is 5.22. The molecule has 0 saturated heterocycles. The van der Waals surface area contributed by atoms with Crippen LogP contribution in [0.2, 0.25) is 0 Å².